The molecule has 0 aromatic heterocycles. The topological polar surface area (TPSA) is 61.8 Å². The molecule has 102 valence electrons. The Morgan fingerprint density at radius 3 is 2.42 bits per heavy atom. The highest BCUT2D eigenvalue weighted by molar-refractivity contribution is 5.99. The quantitative estimate of drug-likeness (QED) is 0.268. The summed E-state index contributed by atoms with van der Waals surface area (Å²) in [4.78, 5) is 23.7. The van der Waals surface area contributed by atoms with Gasteiger partial charge in [0.15, 0.2) is 3.57 Å². The summed E-state index contributed by atoms with van der Waals surface area (Å²) in [7, 11) is 1.57. The monoisotopic (exact) mass is 377 g/mol. The maximum Gasteiger partial charge on any atom is 0.373 e. The second-order valence-corrected chi connectivity index (χ2v) is 7.49. The molecule has 0 saturated carbocycles. The maximum absolute atomic E-state index is 11.9. The lowest BCUT2D eigenvalue weighted by Crippen LogP contribution is -3.66. The molecule has 0 atom stereocenters. The third-order valence-corrected chi connectivity index (χ3v) is 5.40. The molecule has 0 radical (unpaired) electrons. The Labute approximate surface area is 121 Å². The molecule has 0 aliphatic carbocycles. The first-order chi connectivity index (χ1) is 8.91. The van der Waals surface area contributed by atoms with Crippen LogP contribution in [0, 0.1) is 3.57 Å². The average Bonchev–Trinajstić information content (AvgIpc) is 2.33. The van der Waals surface area contributed by atoms with Gasteiger partial charge in [-0.1, -0.05) is 6.07 Å². The first-order valence-electron chi connectivity index (χ1n) is 5.64. The minimum absolute atomic E-state index is 0.503. The van der Waals surface area contributed by atoms with Crippen molar-refractivity contribution in [2.24, 2.45) is 0 Å². The van der Waals surface area contributed by atoms with Gasteiger partial charge < -0.3 is 14.2 Å². The summed E-state index contributed by atoms with van der Waals surface area (Å²) >= 11 is -0.869. The Balaban J connectivity index is 2.14. The molecule has 0 unspecified atom stereocenters. The number of halogens is 1. The van der Waals surface area contributed by atoms with Gasteiger partial charge in [-0.05, 0) is 12.1 Å². The highest BCUT2D eigenvalue weighted by Gasteiger charge is 2.52. The predicted octanol–water partition coefficient (Wildman–Crippen LogP) is -1.84. The first kappa shape index (κ1) is 14.1. The van der Waals surface area contributed by atoms with Crippen molar-refractivity contribution in [1.82, 2.24) is 0 Å². The standard InChI is InChI=1S/C13H14IO5/c1-13(2)18-11(15)10(12(16)19-13)14-8-5-4-6-9(7-8)17-3/h4-7,10H,1-3H3/q+1. The van der Waals surface area contributed by atoms with Crippen molar-refractivity contribution in [2.45, 2.75) is 23.6 Å². The number of ether oxygens (including phenoxy) is 3. The van der Waals surface area contributed by atoms with Crippen molar-refractivity contribution >= 4 is 11.9 Å². The van der Waals surface area contributed by atoms with E-state index < -0.39 is 42.9 Å². The van der Waals surface area contributed by atoms with Crippen LogP contribution in [0.2, 0.25) is 0 Å². The zero-order chi connectivity index (χ0) is 14.0. The van der Waals surface area contributed by atoms with Crippen LogP contribution < -0.4 is 25.9 Å². The number of hydrogen-bond acceptors (Lipinski definition) is 5. The lowest BCUT2D eigenvalue weighted by Gasteiger charge is -2.29. The van der Waals surface area contributed by atoms with E-state index in [1.165, 1.54) is 0 Å². The Morgan fingerprint density at radius 2 is 1.84 bits per heavy atom. The number of carbonyl (C=O) groups excluding carboxylic acids is 2. The molecule has 5 nitrogen and oxygen atoms in total. The molecule has 1 fully saturated rings. The Morgan fingerprint density at radius 1 is 1.21 bits per heavy atom. The summed E-state index contributed by atoms with van der Waals surface area (Å²) in [6, 6.07) is 7.34. The van der Waals surface area contributed by atoms with Crippen molar-refractivity contribution in [1.29, 1.82) is 0 Å². The molecular formula is C13H14IO5+. The van der Waals surface area contributed by atoms with E-state index >= 15 is 0 Å². The van der Waals surface area contributed by atoms with Gasteiger partial charge in [0.25, 0.3) is 5.79 Å². The second-order valence-electron chi connectivity index (χ2n) is 4.38. The van der Waals surface area contributed by atoms with Crippen LogP contribution in [0.1, 0.15) is 13.8 Å². The normalized spacial score (nSPS) is 18.7. The van der Waals surface area contributed by atoms with Crippen LogP contribution in [0.5, 0.6) is 5.75 Å². The summed E-state index contributed by atoms with van der Waals surface area (Å²) in [6.07, 6.45) is 0. The van der Waals surface area contributed by atoms with Crippen molar-refractivity contribution in [2.75, 3.05) is 7.11 Å². The molecule has 1 aliphatic heterocycles. The van der Waals surface area contributed by atoms with Gasteiger partial charge in [-0.25, -0.2) is 9.59 Å². The number of benzene rings is 1. The van der Waals surface area contributed by atoms with Gasteiger partial charge in [-0.15, -0.1) is 0 Å². The van der Waals surface area contributed by atoms with E-state index in [1.54, 1.807) is 21.0 Å². The average molecular weight is 377 g/mol. The Bertz CT molecular complexity index is 492. The van der Waals surface area contributed by atoms with Gasteiger partial charge in [0, 0.05) is 19.9 Å². The Kier molecular flexibility index (Phi) is 3.98. The molecule has 0 N–H and O–H groups in total. The summed E-state index contributed by atoms with van der Waals surface area (Å²) in [5.74, 6) is -1.47. The first-order valence-corrected chi connectivity index (χ1v) is 7.97. The van der Waals surface area contributed by atoms with E-state index in [2.05, 4.69) is 0 Å². The van der Waals surface area contributed by atoms with Crippen molar-refractivity contribution in [3.63, 3.8) is 0 Å². The summed E-state index contributed by atoms with van der Waals surface area (Å²) in [5, 5.41) is 0. The van der Waals surface area contributed by atoms with E-state index in [1.807, 2.05) is 24.3 Å². The number of esters is 2. The Hall–Kier alpha value is -1.31. The fourth-order valence-electron chi connectivity index (χ4n) is 1.58. The van der Waals surface area contributed by atoms with Gasteiger partial charge in [0.1, 0.15) is 5.75 Å². The van der Waals surface area contributed by atoms with Crippen LogP contribution in [0.25, 0.3) is 0 Å². The summed E-state index contributed by atoms with van der Waals surface area (Å²) in [5.41, 5.74) is 0. The molecule has 1 aliphatic rings. The molecule has 0 bridgehead atoms. The van der Waals surface area contributed by atoms with E-state index in [0.717, 1.165) is 3.57 Å². The maximum atomic E-state index is 11.9. The second kappa shape index (κ2) is 5.36. The molecule has 2 rings (SSSR count). The number of rotatable bonds is 3. The van der Waals surface area contributed by atoms with Crippen molar-refractivity contribution < 1.29 is 45.0 Å². The van der Waals surface area contributed by atoms with Gasteiger partial charge >= 0.3 is 37.1 Å². The molecule has 1 saturated heterocycles. The number of carbonyl (C=O) groups is 2. The number of hydrogen-bond donors (Lipinski definition) is 0. The minimum Gasteiger partial charge on any atom is -0.497 e. The van der Waals surface area contributed by atoms with Gasteiger partial charge in [-0.3, -0.25) is 0 Å². The molecule has 1 heterocycles. The largest absolute Gasteiger partial charge is 0.497 e. The zero-order valence-corrected chi connectivity index (χ0v) is 13.0. The molecule has 0 spiro atoms. The fraction of sp³-hybridized carbons (Fsp3) is 0.385. The van der Waals surface area contributed by atoms with Gasteiger partial charge in [0.2, 0.25) is 0 Å². The molecule has 1 aromatic rings. The fourth-order valence-corrected chi connectivity index (χ4v) is 3.97. The van der Waals surface area contributed by atoms with Crippen LogP contribution in [-0.2, 0) is 19.1 Å². The van der Waals surface area contributed by atoms with Crippen molar-refractivity contribution in [3.8, 4) is 5.75 Å². The highest BCUT2D eigenvalue weighted by atomic mass is 127. The van der Waals surface area contributed by atoms with Crippen molar-refractivity contribution in [3.05, 3.63) is 27.8 Å². The van der Waals surface area contributed by atoms with Crippen LogP contribution >= 0.6 is 0 Å². The molecular weight excluding hydrogens is 363 g/mol. The summed E-state index contributed by atoms with van der Waals surface area (Å²) < 4.78 is 15.4. The minimum atomic E-state index is -1.16. The molecule has 0 amide bonds. The molecule has 1 aromatic carbocycles. The van der Waals surface area contributed by atoms with Crippen LogP contribution in [-0.4, -0.2) is 28.8 Å². The molecule has 19 heavy (non-hydrogen) atoms. The van der Waals surface area contributed by atoms with Crippen LogP contribution in [0.4, 0.5) is 0 Å². The number of alkyl halides is 1. The highest BCUT2D eigenvalue weighted by Crippen LogP contribution is 2.17. The molecule has 6 heteroatoms. The smallest absolute Gasteiger partial charge is 0.373 e. The van der Waals surface area contributed by atoms with Gasteiger partial charge in [-0.2, -0.15) is 0 Å². The lowest BCUT2D eigenvalue weighted by atomic mass is 10.3. The SMILES string of the molecule is COc1cccc([I+]C2C(=O)OC(C)(C)OC2=O)c1. The zero-order valence-electron chi connectivity index (χ0n) is 10.8. The third-order valence-electron chi connectivity index (χ3n) is 2.37. The summed E-state index contributed by atoms with van der Waals surface area (Å²) in [6.45, 7) is 3.09. The van der Waals surface area contributed by atoms with E-state index in [4.69, 9.17) is 14.2 Å². The van der Waals surface area contributed by atoms with E-state index in [0.29, 0.717) is 5.75 Å². The van der Waals surface area contributed by atoms with E-state index in [9.17, 15) is 9.59 Å². The van der Waals surface area contributed by atoms with Gasteiger partial charge in [0.05, 0.1) is 7.11 Å². The lowest BCUT2D eigenvalue weighted by molar-refractivity contribution is -0.644. The van der Waals surface area contributed by atoms with Crippen LogP contribution in [0.15, 0.2) is 24.3 Å². The van der Waals surface area contributed by atoms with E-state index in [-0.39, 0.29) is 0 Å². The number of cyclic esters (lactones) is 2. The third kappa shape index (κ3) is 3.37. The van der Waals surface area contributed by atoms with Crippen LogP contribution in [0.3, 0.4) is 0 Å². The number of methoxy groups -OCH3 is 1. The predicted molar refractivity (Wildman–Crippen MR) is 61.7 cm³/mol.